The van der Waals surface area contributed by atoms with Crippen molar-refractivity contribution in [2.24, 2.45) is 0 Å². The van der Waals surface area contributed by atoms with Crippen LogP contribution in [-0.2, 0) is 11.0 Å². The van der Waals surface area contributed by atoms with Crippen LogP contribution in [0.4, 0.5) is 5.95 Å². The molecule has 2 unspecified atom stereocenters. The van der Waals surface area contributed by atoms with Crippen LogP contribution in [0.5, 0.6) is 0 Å². The second kappa shape index (κ2) is 7.45. The number of hydrogen-bond donors (Lipinski definition) is 1. The Kier molecular flexibility index (Phi) is 4.92. The summed E-state index contributed by atoms with van der Waals surface area (Å²) >= 11 is 1.71. The van der Waals surface area contributed by atoms with E-state index in [4.69, 9.17) is 4.98 Å². The van der Waals surface area contributed by atoms with Crippen LogP contribution >= 0.6 is 11.3 Å². The number of amides is 1. The number of hydrogen-bond acceptors (Lipinski definition) is 6. The summed E-state index contributed by atoms with van der Waals surface area (Å²) in [5, 5.41) is 3.45. The minimum atomic E-state index is -0.901. The van der Waals surface area contributed by atoms with Crippen LogP contribution in [0.1, 0.15) is 52.5 Å². The van der Waals surface area contributed by atoms with Gasteiger partial charge in [0.05, 0.1) is 33.2 Å². The number of nitrogens with one attached hydrogen (secondary N) is 1. The molecule has 2 aromatic rings. The Hall–Kier alpha value is -1.84. The summed E-state index contributed by atoms with van der Waals surface area (Å²) in [6.07, 6.45) is 7.59. The van der Waals surface area contributed by atoms with Gasteiger partial charge >= 0.3 is 0 Å². The number of piperidine rings is 1. The van der Waals surface area contributed by atoms with Crippen molar-refractivity contribution < 1.29 is 9.00 Å². The molecule has 3 aliphatic rings. The first-order valence-corrected chi connectivity index (χ1v) is 12.5. The van der Waals surface area contributed by atoms with Gasteiger partial charge in [0.2, 0.25) is 5.95 Å². The van der Waals surface area contributed by atoms with Crippen LogP contribution < -0.4 is 5.32 Å². The number of nitrogens with zero attached hydrogens (tertiary/aromatic N) is 4. The van der Waals surface area contributed by atoms with Crippen molar-refractivity contribution in [3.05, 3.63) is 28.3 Å². The highest BCUT2D eigenvalue weighted by atomic mass is 32.2. The largest absolute Gasteiger partial charge is 0.351 e. The molecule has 0 aromatic carbocycles. The minimum Gasteiger partial charge on any atom is -0.351 e. The lowest BCUT2D eigenvalue weighted by Gasteiger charge is -2.30. The molecule has 1 amide bonds. The molecule has 2 fully saturated rings. The molecule has 5 heterocycles. The normalized spacial score (nSPS) is 23.3. The Labute approximate surface area is 177 Å². The second-order valence-corrected chi connectivity index (χ2v) is 10.5. The number of rotatable bonds is 4. The zero-order chi connectivity index (χ0) is 20.1. The fraction of sp³-hybridized carbons (Fsp3) is 0.550. The molecule has 0 spiro atoms. The Morgan fingerprint density at radius 2 is 2.03 bits per heavy atom. The number of anilines is 1. The maximum Gasteiger partial charge on any atom is 0.255 e. The lowest BCUT2D eigenvalue weighted by Crippen LogP contribution is -2.39. The number of carbonyl (C=O) groups is 1. The van der Waals surface area contributed by atoms with E-state index in [0.717, 1.165) is 67.0 Å². The average molecular weight is 432 g/mol. The third-order valence-corrected chi connectivity index (χ3v) is 8.50. The van der Waals surface area contributed by atoms with Gasteiger partial charge in [-0.15, -0.1) is 11.3 Å². The van der Waals surface area contributed by atoms with E-state index in [9.17, 15) is 9.00 Å². The summed E-state index contributed by atoms with van der Waals surface area (Å²) in [5.41, 5.74) is 2.79. The number of carbonyl (C=O) groups excluding carboxylic acids is 1. The molecule has 154 valence electrons. The lowest BCUT2D eigenvalue weighted by molar-refractivity contribution is 0.0776. The molecule has 2 saturated heterocycles. The summed E-state index contributed by atoms with van der Waals surface area (Å²) < 4.78 is 13.6. The van der Waals surface area contributed by atoms with Crippen LogP contribution in [0.3, 0.4) is 0 Å². The fourth-order valence-corrected chi connectivity index (χ4v) is 6.65. The summed E-state index contributed by atoms with van der Waals surface area (Å²) in [4.78, 5) is 26.2. The van der Waals surface area contributed by atoms with Gasteiger partial charge in [-0.05, 0) is 44.2 Å². The predicted molar refractivity (Wildman–Crippen MR) is 115 cm³/mol. The molecular weight excluding hydrogens is 406 g/mol. The molecule has 0 radical (unpaired) electrons. The van der Waals surface area contributed by atoms with E-state index in [1.54, 1.807) is 17.6 Å². The van der Waals surface area contributed by atoms with Gasteiger partial charge in [0.1, 0.15) is 0 Å². The highest BCUT2D eigenvalue weighted by Crippen LogP contribution is 2.47. The van der Waals surface area contributed by atoms with Crippen molar-refractivity contribution in [3.8, 4) is 10.6 Å². The third kappa shape index (κ3) is 3.39. The summed E-state index contributed by atoms with van der Waals surface area (Å²) in [6.45, 7) is 4.53. The van der Waals surface area contributed by atoms with Crippen molar-refractivity contribution in [1.82, 2.24) is 19.2 Å². The first kappa shape index (κ1) is 19.1. The van der Waals surface area contributed by atoms with E-state index in [2.05, 4.69) is 10.3 Å². The molecule has 0 saturated carbocycles. The van der Waals surface area contributed by atoms with Crippen molar-refractivity contribution in [2.45, 2.75) is 44.7 Å². The van der Waals surface area contributed by atoms with Gasteiger partial charge < -0.3 is 10.2 Å². The van der Waals surface area contributed by atoms with Crippen LogP contribution in [0.15, 0.2) is 12.3 Å². The number of aryl methyl sites for hydroxylation is 1. The quantitative estimate of drug-likeness (QED) is 0.805. The molecule has 5 rings (SSSR count). The molecule has 2 atom stereocenters. The molecular formula is C20H25N5O2S2. The topological polar surface area (TPSA) is 78.4 Å². The van der Waals surface area contributed by atoms with E-state index in [1.807, 2.05) is 28.4 Å². The first-order chi connectivity index (χ1) is 14.0. The first-order valence-electron chi connectivity index (χ1n) is 10.1. The van der Waals surface area contributed by atoms with Crippen molar-refractivity contribution in [3.63, 3.8) is 0 Å². The summed E-state index contributed by atoms with van der Waals surface area (Å²) in [7, 11) is -0.901. The van der Waals surface area contributed by atoms with Crippen molar-refractivity contribution >= 4 is 34.2 Å². The highest BCUT2D eigenvalue weighted by molar-refractivity contribution is 7.81. The monoisotopic (exact) mass is 431 g/mol. The van der Waals surface area contributed by atoms with Gasteiger partial charge in [0.15, 0.2) is 0 Å². The molecule has 0 aliphatic carbocycles. The number of fused-ring (bicyclic) bond motifs is 3. The van der Waals surface area contributed by atoms with Gasteiger partial charge in [-0.25, -0.2) is 18.5 Å². The smallest absolute Gasteiger partial charge is 0.255 e. The average Bonchev–Trinajstić information content (AvgIpc) is 3.40. The Morgan fingerprint density at radius 3 is 2.79 bits per heavy atom. The van der Waals surface area contributed by atoms with E-state index < -0.39 is 11.0 Å². The zero-order valence-electron chi connectivity index (χ0n) is 16.7. The van der Waals surface area contributed by atoms with Gasteiger partial charge in [0, 0.05) is 43.0 Å². The van der Waals surface area contributed by atoms with Gasteiger partial charge in [-0.2, -0.15) is 0 Å². The van der Waals surface area contributed by atoms with Gasteiger partial charge in [-0.3, -0.25) is 4.79 Å². The van der Waals surface area contributed by atoms with E-state index >= 15 is 0 Å². The Bertz CT molecular complexity index is 983. The van der Waals surface area contributed by atoms with E-state index in [0.29, 0.717) is 5.95 Å². The number of thiophene rings is 1. The molecule has 9 heteroatoms. The molecule has 7 nitrogen and oxygen atoms in total. The zero-order valence-corrected chi connectivity index (χ0v) is 18.3. The Morgan fingerprint density at radius 1 is 1.24 bits per heavy atom. The van der Waals surface area contributed by atoms with Crippen molar-refractivity contribution in [2.75, 3.05) is 31.2 Å². The molecule has 29 heavy (non-hydrogen) atoms. The maximum absolute atomic E-state index is 12.7. The molecule has 1 N–H and O–H groups in total. The lowest BCUT2D eigenvalue weighted by atomic mass is 10.1. The van der Waals surface area contributed by atoms with Crippen molar-refractivity contribution in [1.29, 1.82) is 0 Å². The van der Waals surface area contributed by atoms with Crippen LogP contribution in [-0.4, -0.2) is 61.2 Å². The molecule has 0 bridgehead atoms. The standard InChI is InChI=1S/C20H25N5O2S2/c1-12-11-21-20(22-13-5-8-24(9-6-13)29(2)27)23-17(12)16-10-14-18(28-16)15-4-3-7-25(15)19(14)26/h10-11,13,15H,3-9H2,1-2H3,(H,21,22,23). The third-order valence-electron chi connectivity index (χ3n) is 6.16. The molecule has 2 aromatic heterocycles. The summed E-state index contributed by atoms with van der Waals surface area (Å²) in [6, 6.07) is 2.58. The van der Waals surface area contributed by atoms with Gasteiger partial charge in [0.25, 0.3) is 5.91 Å². The maximum atomic E-state index is 12.7. The SMILES string of the molecule is Cc1cnc(NC2CCN(S(C)=O)CC2)nc1-c1cc2c(s1)C1CCCN1C2=O. The number of aromatic nitrogens is 2. The van der Waals surface area contributed by atoms with E-state index in [1.165, 1.54) is 4.88 Å². The van der Waals surface area contributed by atoms with Crippen LogP contribution in [0, 0.1) is 6.92 Å². The minimum absolute atomic E-state index is 0.176. The van der Waals surface area contributed by atoms with Crippen LogP contribution in [0.25, 0.3) is 10.6 Å². The molecule has 3 aliphatic heterocycles. The predicted octanol–water partition coefficient (Wildman–Crippen LogP) is 2.97. The van der Waals surface area contributed by atoms with Crippen LogP contribution in [0.2, 0.25) is 0 Å². The van der Waals surface area contributed by atoms with Gasteiger partial charge in [-0.1, -0.05) is 0 Å². The second-order valence-electron chi connectivity index (χ2n) is 8.04. The summed E-state index contributed by atoms with van der Waals surface area (Å²) in [5.74, 6) is 0.805. The highest BCUT2D eigenvalue weighted by Gasteiger charge is 2.41. The van der Waals surface area contributed by atoms with E-state index in [-0.39, 0.29) is 18.0 Å². The fourth-order valence-electron chi connectivity index (χ4n) is 4.57. The Balaban J connectivity index is 1.36.